The Morgan fingerprint density at radius 1 is 1.52 bits per heavy atom. The van der Waals surface area contributed by atoms with Crippen LogP contribution in [0.2, 0.25) is 0 Å². The molecule has 0 spiro atoms. The highest BCUT2D eigenvalue weighted by molar-refractivity contribution is 6.11. The lowest BCUT2D eigenvalue weighted by molar-refractivity contribution is -0.133. The number of aliphatic imine (C=N–C) groups is 2. The van der Waals surface area contributed by atoms with Crippen molar-refractivity contribution in [2.75, 3.05) is 20.7 Å². The average molecular weight is 356 g/mol. The van der Waals surface area contributed by atoms with Crippen molar-refractivity contribution in [2.24, 2.45) is 15.7 Å². The molecule has 4 atom stereocenters. The number of ether oxygens (including phenoxy) is 1. The number of nitrogens with zero attached hydrogens (tertiary/aromatic N) is 3. The number of aliphatic hydroxyl groups excluding tert-OH is 2. The van der Waals surface area contributed by atoms with Crippen LogP contribution in [0, 0.1) is 0 Å². The van der Waals surface area contributed by atoms with E-state index in [-0.39, 0.29) is 17.0 Å². The summed E-state index contributed by atoms with van der Waals surface area (Å²) >= 11 is 0. The quantitative estimate of drug-likeness (QED) is 0.156. The fraction of sp³-hybridized carbons (Fsp3) is 0.533. The number of amidine groups is 1. The molecule has 0 aliphatic carbocycles. The molecular weight excluding hydrogens is 332 g/mol. The summed E-state index contributed by atoms with van der Waals surface area (Å²) in [5.74, 6) is -1.46. The van der Waals surface area contributed by atoms with E-state index in [4.69, 9.17) is 10.5 Å². The van der Waals surface area contributed by atoms with Gasteiger partial charge in [0.25, 0.3) is 0 Å². The van der Waals surface area contributed by atoms with Gasteiger partial charge in [-0.25, -0.2) is 9.79 Å². The van der Waals surface area contributed by atoms with Crippen molar-refractivity contribution in [2.45, 2.75) is 31.0 Å². The Kier molecular flexibility index (Phi) is 6.82. The van der Waals surface area contributed by atoms with Gasteiger partial charge in [0.15, 0.2) is 6.23 Å². The molecule has 10 heteroatoms. The zero-order chi connectivity index (χ0) is 19.4. The largest absolute Gasteiger partial charge is 0.478 e. The number of carbonyl (C=O) groups is 1. The van der Waals surface area contributed by atoms with Crippen LogP contribution in [0.4, 0.5) is 0 Å². The molecule has 140 valence electrons. The van der Waals surface area contributed by atoms with E-state index in [9.17, 15) is 25.2 Å². The lowest BCUT2D eigenvalue weighted by Crippen LogP contribution is -2.50. The number of carboxylic acids is 1. The third kappa shape index (κ3) is 4.42. The summed E-state index contributed by atoms with van der Waals surface area (Å²) in [4.78, 5) is 20.1. The van der Waals surface area contributed by atoms with Gasteiger partial charge in [-0.15, -0.1) is 0 Å². The van der Waals surface area contributed by atoms with Crippen molar-refractivity contribution in [1.82, 2.24) is 4.90 Å². The van der Waals surface area contributed by atoms with Gasteiger partial charge in [-0.3, -0.25) is 4.99 Å². The molecule has 6 N–H and O–H groups in total. The molecule has 0 aromatic rings. The van der Waals surface area contributed by atoms with Crippen LogP contribution in [0.5, 0.6) is 0 Å². The highest BCUT2D eigenvalue weighted by Crippen LogP contribution is 2.33. The summed E-state index contributed by atoms with van der Waals surface area (Å²) in [6.45, 7) is 4.43. The van der Waals surface area contributed by atoms with Gasteiger partial charge in [-0.05, 0) is 6.92 Å². The molecule has 0 bridgehead atoms. The second-order valence-electron chi connectivity index (χ2n) is 5.76. The van der Waals surface area contributed by atoms with E-state index in [1.807, 2.05) is 0 Å². The molecule has 0 unspecified atom stereocenters. The van der Waals surface area contributed by atoms with Gasteiger partial charge >= 0.3 is 5.97 Å². The Hall–Kier alpha value is -2.27. The van der Waals surface area contributed by atoms with E-state index in [2.05, 4.69) is 16.6 Å². The van der Waals surface area contributed by atoms with Crippen molar-refractivity contribution in [3.8, 4) is 0 Å². The topological polar surface area (TPSA) is 161 Å². The Balaban J connectivity index is 3.15. The van der Waals surface area contributed by atoms with Crippen LogP contribution in [0.1, 0.15) is 6.92 Å². The third-order valence-electron chi connectivity index (χ3n) is 3.81. The maximum absolute atomic E-state index is 11.5. The molecule has 0 aromatic heterocycles. The molecule has 0 amide bonds. The molecule has 1 aliphatic heterocycles. The van der Waals surface area contributed by atoms with Crippen LogP contribution >= 0.6 is 0 Å². The lowest BCUT2D eigenvalue weighted by Gasteiger charge is -2.32. The maximum atomic E-state index is 11.5. The highest BCUT2D eigenvalue weighted by atomic mass is 16.6. The minimum absolute atomic E-state index is 0.0591. The van der Waals surface area contributed by atoms with Gasteiger partial charge in [0.2, 0.25) is 0 Å². The summed E-state index contributed by atoms with van der Waals surface area (Å²) < 4.78 is 5.41. The van der Waals surface area contributed by atoms with Gasteiger partial charge in [0.1, 0.15) is 30.0 Å². The summed E-state index contributed by atoms with van der Waals surface area (Å²) in [6.07, 6.45) is -1.14. The predicted molar refractivity (Wildman–Crippen MR) is 91.0 cm³/mol. The van der Waals surface area contributed by atoms with Crippen LogP contribution in [0.25, 0.3) is 0 Å². The number of nitrogens with two attached hydrogens (primary N) is 1. The van der Waals surface area contributed by atoms with Crippen LogP contribution in [0.15, 0.2) is 33.9 Å². The number of hydrogen-bond acceptors (Lipinski definition) is 7. The maximum Gasteiger partial charge on any atom is 0.337 e. The predicted octanol–water partition coefficient (Wildman–Crippen LogP) is -1.71. The first kappa shape index (κ1) is 20.8. The second kappa shape index (κ2) is 8.21. The first-order valence-corrected chi connectivity index (χ1v) is 7.35. The number of aliphatic hydroxyl groups is 3. The highest BCUT2D eigenvalue weighted by Gasteiger charge is 2.53. The number of aliphatic carboxylic acids is 1. The summed E-state index contributed by atoms with van der Waals surface area (Å²) in [6, 6.07) is 0. The van der Waals surface area contributed by atoms with Gasteiger partial charge < -0.3 is 35.8 Å². The standard InChI is InChI=1S/C15H24N4O6/c1-8(12(16)18-7-17-3)9(13(22)23)5-19(4)14-15(2,24)11(21)10(6-20)25-14/h5,7,10-11,14,20-21,24H,1,6H2,2-4H3,(H,22,23)(H2,16,17,18)/b9-5+/t10-,11-,14-,15-/m1/s1. The van der Waals surface area contributed by atoms with Crippen LogP contribution < -0.4 is 5.73 Å². The van der Waals surface area contributed by atoms with Gasteiger partial charge in [0.05, 0.1) is 12.2 Å². The summed E-state index contributed by atoms with van der Waals surface area (Å²) in [5, 5.41) is 39.0. The monoisotopic (exact) mass is 356 g/mol. The number of likely N-dealkylation sites (N-methyl/N-ethyl adjacent to an activating group) is 1. The normalized spacial score (nSPS) is 30.7. The molecule has 1 heterocycles. The minimum atomic E-state index is -1.74. The summed E-state index contributed by atoms with van der Waals surface area (Å²) in [5.41, 5.74) is 3.59. The van der Waals surface area contributed by atoms with Crippen molar-refractivity contribution in [3.63, 3.8) is 0 Å². The molecule has 0 aromatic carbocycles. The number of carboxylic acid groups (broad SMARTS) is 1. The van der Waals surface area contributed by atoms with Gasteiger partial charge in [0, 0.05) is 25.9 Å². The van der Waals surface area contributed by atoms with E-state index in [0.29, 0.717) is 0 Å². The Bertz CT molecular complexity index is 613. The number of hydrogen-bond donors (Lipinski definition) is 5. The Labute approximate surface area is 145 Å². The third-order valence-corrected chi connectivity index (χ3v) is 3.81. The lowest BCUT2D eigenvalue weighted by atomic mass is 9.96. The first-order valence-electron chi connectivity index (χ1n) is 7.35. The van der Waals surface area contributed by atoms with E-state index in [0.717, 1.165) is 12.5 Å². The van der Waals surface area contributed by atoms with Crippen molar-refractivity contribution >= 4 is 18.1 Å². The Morgan fingerprint density at radius 3 is 2.56 bits per heavy atom. The van der Waals surface area contributed by atoms with Crippen LogP contribution in [0.3, 0.4) is 0 Å². The average Bonchev–Trinajstić information content (AvgIpc) is 2.79. The molecule has 1 saturated heterocycles. The van der Waals surface area contributed by atoms with Crippen molar-refractivity contribution in [1.29, 1.82) is 0 Å². The van der Waals surface area contributed by atoms with Gasteiger partial charge in [-0.2, -0.15) is 0 Å². The Morgan fingerprint density at radius 2 is 2.12 bits per heavy atom. The molecular formula is C15H24N4O6. The molecule has 0 radical (unpaired) electrons. The van der Waals surface area contributed by atoms with E-state index in [1.165, 1.54) is 25.9 Å². The fourth-order valence-corrected chi connectivity index (χ4v) is 2.42. The molecule has 1 rings (SSSR count). The fourth-order valence-electron chi connectivity index (χ4n) is 2.42. The van der Waals surface area contributed by atoms with Crippen LogP contribution in [-0.4, -0.2) is 88.2 Å². The molecule has 1 aliphatic rings. The number of rotatable bonds is 7. The van der Waals surface area contributed by atoms with Crippen molar-refractivity contribution < 1.29 is 30.0 Å². The molecule has 10 nitrogen and oxygen atoms in total. The van der Waals surface area contributed by atoms with Gasteiger partial charge in [-0.1, -0.05) is 6.58 Å². The first-order chi connectivity index (χ1) is 11.6. The molecule has 25 heavy (non-hydrogen) atoms. The smallest absolute Gasteiger partial charge is 0.337 e. The van der Waals surface area contributed by atoms with E-state index in [1.54, 1.807) is 0 Å². The van der Waals surface area contributed by atoms with E-state index < -0.39 is 36.6 Å². The van der Waals surface area contributed by atoms with E-state index >= 15 is 0 Å². The zero-order valence-electron chi connectivity index (χ0n) is 14.3. The molecule has 0 saturated carbocycles. The SMILES string of the molecule is C=C(/C(=C\N(C)[C@@H]1O[C@H](CO)[C@@H](O)[C@@]1(C)O)C(=O)O)/C(N)=N\C=N/C. The van der Waals surface area contributed by atoms with Crippen molar-refractivity contribution in [3.05, 3.63) is 23.9 Å². The minimum Gasteiger partial charge on any atom is -0.478 e. The second-order valence-corrected chi connectivity index (χ2v) is 5.76. The summed E-state index contributed by atoms with van der Waals surface area (Å²) in [7, 11) is 2.92. The molecule has 1 fully saturated rings. The zero-order valence-corrected chi connectivity index (χ0v) is 14.3. The van der Waals surface area contributed by atoms with Crippen LogP contribution in [-0.2, 0) is 9.53 Å².